The van der Waals surface area contributed by atoms with E-state index < -0.39 is 54.1 Å². The van der Waals surface area contributed by atoms with Crippen LogP contribution in [0.3, 0.4) is 0 Å². The number of carbonyl (C=O) groups excluding carboxylic acids is 7. The summed E-state index contributed by atoms with van der Waals surface area (Å²) in [5.74, 6) is -2.45. The summed E-state index contributed by atoms with van der Waals surface area (Å²) in [5, 5.41) is 0.476. The summed E-state index contributed by atoms with van der Waals surface area (Å²) in [7, 11) is 1.61. The largest absolute Gasteiger partial charge is 0.497 e. The number of imide groups is 1. The van der Waals surface area contributed by atoms with E-state index in [1.165, 1.54) is 11.0 Å². The summed E-state index contributed by atoms with van der Waals surface area (Å²) < 4.78 is 32.8. The molecule has 0 unspecified atom stereocenters. The van der Waals surface area contributed by atoms with E-state index in [9.17, 15) is 33.6 Å². The maximum Gasteiger partial charge on any atom is 0.344 e. The molecule has 0 aromatic heterocycles. The molecule has 1 fully saturated rings. The Hall–Kier alpha value is -5.67. The lowest BCUT2D eigenvalue weighted by molar-refractivity contribution is -0.197. The highest BCUT2D eigenvalue weighted by Crippen LogP contribution is 2.26. The van der Waals surface area contributed by atoms with Gasteiger partial charge >= 0.3 is 23.9 Å². The molecule has 16 nitrogen and oxygen atoms in total. The van der Waals surface area contributed by atoms with Gasteiger partial charge in [0.05, 0.1) is 13.5 Å². The molecule has 0 bridgehead atoms. The second kappa shape index (κ2) is 28.4. The first-order valence-electron chi connectivity index (χ1n) is 23.3. The Labute approximate surface area is 390 Å². The first-order chi connectivity index (χ1) is 31.3. The first kappa shape index (κ1) is 54.7. The van der Waals surface area contributed by atoms with E-state index in [-0.39, 0.29) is 68.8 Å². The summed E-state index contributed by atoms with van der Waals surface area (Å²) in [6.45, 7) is 9.78. The average molecular weight is 925 g/mol. The van der Waals surface area contributed by atoms with Crippen LogP contribution in [0.25, 0.3) is 0 Å². The lowest BCUT2D eigenvalue weighted by Crippen LogP contribution is -2.35. The first-order valence-corrected chi connectivity index (χ1v) is 23.3. The fourth-order valence-electron chi connectivity index (χ4n) is 6.89. The van der Waals surface area contributed by atoms with Crippen molar-refractivity contribution < 1.29 is 66.8 Å². The number of esters is 3. The molecule has 0 spiro atoms. The molecule has 2 aromatic rings. The summed E-state index contributed by atoms with van der Waals surface area (Å²) >= 11 is 0. The van der Waals surface area contributed by atoms with Crippen LogP contribution in [0.5, 0.6) is 17.2 Å². The molecule has 1 aliphatic rings. The number of hydrogen-bond acceptors (Lipinski definition) is 14. The van der Waals surface area contributed by atoms with Crippen LogP contribution < -0.4 is 14.2 Å². The molecular formula is C50H72N2O14. The van der Waals surface area contributed by atoms with Gasteiger partial charge in [-0.05, 0) is 89.8 Å². The van der Waals surface area contributed by atoms with Crippen molar-refractivity contribution in [3.05, 3.63) is 53.6 Å². The monoisotopic (exact) mass is 924 g/mol. The minimum absolute atomic E-state index is 0.00195. The lowest BCUT2D eigenvalue weighted by Gasteiger charge is -2.24. The van der Waals surface area contributed by atoms with E-state index in [1.54, 1.807) is 60.8 Å². The smallest absolute Gasteiger partial charge is 0.344 e. The molecule has 2 aromatic carbocycles. The molecular weight excluding hydrogens is 853 g/mol. The van der Waals surface area contributed by atoms with Gasteiger partial charge in [-0.1, -0.05) is 76.3 Å². The third-order valence-corrected chi connectivity index (χ3v) is 10.1. The fourth-order valence-corrected chi connectivity index (χ4v) is 6.89. The van der Waals surface area contributed by atoms with Crippen LogP contribution in [0.15, 0.2) is 42.5 Å². The molecule has 0 radical (unpaired) electrons. The number of hydroxylamine groups is 2. The number of benzene rings is 2. The van der Waals surface area contributed by atoms with Crippen molar-refractivity contribution in [3.8, 4) is 17.2 Å². The van der Waals surface area contributed by atoms with Gasteiger partial charge in [0.1, 0.15) is 35.1 Å². The molecule has 366 valence electrons. The quantitative estimate of drug-likeness (QED) is 0.0313. The summed E-state index contributed by atoms with van der Waals surface area (Å²) in [6, 6.07) is 12.2. The second-order valence-corrected chi connectivity index (χ2v) is 18.4. The van der Waals surface area contributed by atoms with E-state index >= 15 is 0 Å². The standard InChI is InChI=1S/C50H72N2O14/c1-49(2,3)64-47(58)35-61-40-30-38(31-41(32-40)62-36-48(59)65-50(4,5)6)33-51(29-28-46(57)66-52-43(54)26-27-44(52)55)42(53)20-18-16-14-12-10-8-9-11-13-15-17-19-21-45(56)63-34-37-22-24-39(60-7)25-23-37/h22-25,30-32H,8-21,26-29,33-36H2,1-7H3. The van der Waals surface area contributed by atoms with E-state index in [2.05, 4.69) is 0 Å². The molecule has 1 aliphatic heterocycles. The molecule has 3 amide bonds. The van der Waals surface area contributed by atoms with Gasteiger partial charge in [-0.15, -0.1) is 5.06 Å². The van der Waals surface area contributed by atoms with Crippen LogP contribution >= 0.6 is 0 Å². The Kier molecular flexibility index (Phi) is 23.5. The summed E-state index contributed by atoms with van der Waals surface area (Å²) in [6.07, 6.45) is 12.4. The minimum atomic E-state index is -0.841. The molecule has 1 saturated heterocycles. The molecule has 1 heterocycles. The second-order valence-electron chi connectivity index (χ2n) is 18.4. The van der Waals surface area contributed by atoms with Crippen LogP contribution in [0, 0.1) is 0 Å². The number of unbranched alkanes of at least 4 members (excludes halogenated alkanes) is 11. The maximum absolute atomic E-state index is 13.8. The van der Waals surface area contributed by atoms with Crippen molar-refractivity contribution >= 4 is 41.6 Å². The molecule has 66 heavy (non-hydrogen) atoms. The minimum Gasteiger partial charge on any atom is -0.497 e. The Morgan fingerprint density at radius 1 is 0.561 bits per heavy atom. The summed E-state index contributed by atoms with van der Waals surface area (Å²) in [5.41, 5.74) is -0.0163. The molecule has 0 aliphatic carbocycles. The zero-order valence-electron chi connectivity index (χ0n) is 40.2. The van der Waals surface area contributed by atoms with Gasteiger partial charge in [0, 0.05) is 44.8 Å². The predicted octanol–water partition coefficient (Wildman–Crippen LogP) is 8.67. The number of ether oxygens (including phenoxy) is 6. The fraction of sp³-hybridized carbons (Fsp3) is 0.620. The number of amides is 3. The summed E-state index contributed by atoms with van der Waals surface area (Å²) in [4.78, 5) is 94.2. The van der Waals surface area contributed by atoms with Gasteiger partial charge in [-0.25, -0.2) is 14.4 Å². The van der Waals surface area contributed by atoms with Crippen LogP contribution in [0.2, 0.25) is 0 Å². The van der Waals surface area contributed by atoms with Gasteiger partial charge in [-0.3, -0.25) is 19.2 Å². The Morgan fingerprint density at radius 2 is 1.03 bits per heavy atom. The van der Waals surface area contributed by atoms with Crippen molar-refractivity contribution in [3.63, 3.8) is 0 Å². The van der Waals surface area contributed by atoms with Crippen LogP contribution in [0.4, 0.5) is 0 Å². The van der Waals surface area contributed by atoms with Crippen molar-refractivity contribution in [1.82, 2.24) is 9.96 Å². The van der Waals surface area contributed by atoms with Crippen molar-refractivity contribution in [1.29, 1.82) is 0 Å². The highest BCUT2D eigenvalue weighted by Gasteiger charge is 2.33. The highest BCUT2D eigenvalue weighted by atomic mass is 16.7. The molecule has 0 atom stereocenters. The lowest BCUT2D eigenvalue weighted by atomic mass is 10.0. The highest BCUT2D eigenvalue weighted by molar-refractivity contribution is 6.01. The van der Waals surface area contributed by atoms with E-state index in [0.717, 1.165) is 81.9 Å². The van der Waals surface area contributed by atoms with E-state index in [1.807, 2.05) is 24.3 Å². The molecule has 0 N–H and O–H groups in total. The van der Waals surface area contributed by atoms with Gasteiger partial charge in [-0.2, -0.15) is 0 Å². The topological polar surface area (TPSA) is 191 Å². The average Bonchev–Trinajstić information content (AvgIpc) is 3.56. The molecule has 3 rings (SSSR count). The van der Waals surface area contributed by atoms with Gasteiger partial charge in [0.25, 0.3) is 11.8 Å². The van der Waals surface area contributed by atoms with Crippen LogP contribution in [-0.4, -0.2) is 89.6 Å². The van der Waals surface area contributed by atoms with Gasteiger partial charge in [0.2, 0.25) is 5.91 Å². The maximum atomic E-state index is 13.8. The molecule has 0 saturated carbocycles. The van der Waals surface area contributed by atoms with Gasteiger partial charge < -0.3 is 38.2 Å². The van der Waals surface area contributed by atoms with Crippen molar-refractivity contribution in [2.75, 3.05) is 26.9 Å². The molecule has 16 heteroatoms. The Morgan fingerprint density at radius 3 is 1.50 bits per heavy atom. The SMILES string of the molecule is COc1ccc(COC(=O)CCCCCCCCCCCCCCC(=O)N(CCC(=O)ON2C(=O)CCC2=O)Cc2cc(OCC(=O)OC(C)(C)C)cc(OCC(=O)OC(C)(C)C)c2)cc1. The van der Waals surface area contributed by atoms with Crippen molar-refractivity contribution in [2.45, 2.75) is 175 Å². The van der Waals surface area contributed by atoms with Crippen molar-refractivity contribution in [2.24, 2.45) is 0 Å². The van der Waals surface area contributed by atoms with E-state index in [4.69, 9.17) is 33.3 Å². The Balaban J connectivity index is 1.47. The number of nitrogens with zero attached hydrogens (tertiary/aromatic N) is 2. The number of methoxy groups -OCH3 is 1. The number of carbonyl (C=O) groups is 7. The predicted molar refractivity (Wildman–Crippen MR) is 244 cm³/mol. The normalized spacial score (nSPS) is 12.7. The number of hydrogen-bond donors (Lipinski definition) is 0. The van der Waals surface area contributed by atoms with Crippen LogP contribution in [0.1, 0.15) is 162 Å². The van der Waals surface area contributed by atoms with E-state index in [0.29, 0.717) is 23.5 Å². The third kappa shape index (κ3) is 23.5. The van der Waals surface area contributed by atoms with Gasteiger partial charge in [0.15, 0.2) is 13.2 Å². The number of rotatable bonds is 30. The zero-order valence-corrected chi connectivity index (χ0v) is 40.2. The zero-order chi connectivity index (χ0) is 48.5. The Bertz CT molecular complexity index is 1820. The van der Waals surface area contributed by atoms with Crippen LogP contribution in [-0.2, 0) is 65.8 Å². The third-order valence-electron chi connectivity index (χ3n) is 10.1.